The average Bonchev–Trinajstić information content (AvgIpc) is 3.26. The molecule has 0 bridgehead atoms. The zero-order valence-electron chi connectivity index (χ0n) is 16.9. The molecule has 8 heteroatoms. The van der Waals surface area contributed by atoms with Crippen molar-refractivity contribution in [2.75, 3.05) is 20.3 Å². The Balaban J connectivity index is 0.00000280. The van der Waals surface area contributed by atoms with Gasteiger partial charge in [0.1, 0.15) is 11.9 Å². The van der Waals surface area contributed by atoms with Crippen LogP contribution in [0.4, 0.5) is 0 Å². The number of aliphatic imine (C=N–C) groups is 1. The molecule has 1 fully saturated rings. The summed E-state index contributed by atoms with van der Waals surface area (Å²) in [4.78, 5) is 10.0. The van der Waals surface area contributed by atoms with Gasteiger partial charge in [-0.15, -0.1) is 35.3 Å². The first-order valence-corrected chi connectivity index (χ1v) is 10.1. The molecule has 3 rings (SSSR count). The van der Waals surface area contributed by atoms with Gasteiger partial charge in [-0.05, 0) is 32.4 Å². The van der Waals surface area contributed by atoms with E-state index in [1.807, 2.05) is 13.8 Å². The summed E-state index contributed by atoms with van der Waals surface area (Å²) in [6, 6.07) is 6.31. The Morgan fingerprint density at radius 1 is 1.29 bits per heavy atom. The molecule has 2 N–H and O–H groups in total. The number of guanidine groups is 1. The Morgan fingerprint density at radius 3 is 2.71 bits per heavy atom. The highest BCUT2D eigenvalue weighted by Gasteiger charge is 2.18. The average molecular weight is 516 g/mol. The maximum atomic E-state index is 6.17. The molecule has 0 spiro atoms. The lowest BCUT2D eigenvalue weighted by atomic mass is 10.1. The zero-order chi connectivity index (χ0) is 19.2. The molecule has 0 amide bonds. The van der Waals surface area contributed by atoms with Crippen molar-refractivity contribution in [1.82, 2.24) is 15.6 Å². The molecular formula is C20H29IN4O2S. The van der Waals surface area contributed by atoms with Gasteiger partial charge in [-0.2, -0.15) is 0 Å². The number of nitrogens with zero attached hydrogens (tertiary/aromatic N) is 2. The van der Waals surface area contributed by atoms with E-state index in [1.54, 1.807) is 18.4 Å². The van der Waals surface area contributed by atoms with Gasteiger partial charge in [0.15, 0.2) is 5.96 Å². The van der Waals surface area contributed by atoms with Crippen molar-refractivity contribution in [2.24, 2.45) is 4.99 Å². The minimum atomic E-state index is 0. The van der Waals surface area contributed by atoms with Gasteiger partial charge in [0.2, 0.25) is 0 Å². The Kier molecular flexibility index (Phi) is 8.97. The number of rotatable bonds is 6. The maximum Gasteiger partial charge on any atom is 0.191 e. The fourth-order valence-corrected chi connectivity index (χ4v) is 3.88. The minimum Gasteiger partial charge on any atom is -0.488 e. The van der Waals surface area contributed by atoms with E-state index in [-0.39, 0.29) is 30.1 Å². The number of aromatic nitrogens is 1. The van der Waals surface area contributed by atoms with Crippen molar-refractivity contribution >= 4 is 41.3 Å². The molecule has 1 aliphatic rings. The third-order valence-corrected chi connectivity index (χ3v) is 5.56. The van der Waals surface area contributed by atoms with Gasteiger partial charge in [-0.1, -0.05) is 12.1 Å². The van der Waals surface area contributed by atoms with Crippen LogP contribution in [-0.2, 0) is 17.8 Å². The Bertz CT molecular complexity index is 803. The van der Waals surface area contributed by atoms with Gasteiger partial charge in [0, 0.05) is 30.5 Å². The molecule has 2 heterocycles. The van der Waals surface area contributed by atoms with Crippen molar-refractivity contribution < 1.29 is 9.47 Å². The lowest BCUT2D eigenvalue weighted by Crippen LogP contribution is -2.36. The molecule has 1 aromatic heterocycles. The monoisotopic (exact) mass is 516 g/mol. The molecule has 1 unspecified atom stereocenters. The number of hydrogen-bond acceptors (Lipinski definition) is 5. The van der Waals surface area contributed by atoms with E-state index in [0.717, 1.165) is 41.0 Å². The van der Waals surface area contributed by atoms with Crippen LogP contribution < -0.4 is 15.4 Å². The highest BCUT2D eigenvalue weighted by Crippen LogP contribution is 2.24. The number of halogens is 1. The van der Waals surface area contributed by atoms with Crippen molar-refractivity contribution in [3.05, 3.63) is 44.9 Å². The molecule has 1 saturated heterocycles. The number of thiazole rings is 1. The second kappa shape index (κ2) is 11.0. The normalized spacial score (nSPS) is 16.6. The molecule has 154 valence electrons. The Labute approximate surface area is 188 Å². The van der Waals surface area contributed by atoms with Crippen molar-refractivity contribution in [3.8, 4) is 5.75 Å². The van der Waals surface area contributed by atoms with Crippen LogP contribution in [0, 0.1) is 20.8 Å². The summed E-state index contributed by atoms with van der Waals surface area (Å²) in [5.74, 6) is 1.68. The van der Waals surface area contributed by atoms with Gasteiger partial charge >= 0.3 is 0 Å². The summed E-state index contributed by atoms with van der Waals surface area (Å²) in [6.45, 7) is 8.95. The third kappa shape index (κ3) is 6.31. The van der Waals surface area contributed by atoms with Crippen LogP contribution in [0.5, 0.6) is 5.75 Å². The van der Waals surface area contributed by atoms with E-state index in [9.17, 15) is 0 Å². The summed E-state index contributed by atoms with van der Waals surface area (Å²) in [5, 5.41) is 7.83. The standard InChI is InChI=1S/C20H28N4O2S.HI/c1-13-5-6-16(18(9-13)26-17-7-8-25-12-17)10-22-20(21-4)23-11-19-14(2)24-15(3)27-19;/h5-6,9,17H,7-8,10-12H2,1-4H3,(H2,21,22,23);1H. The predicted molar refractivity (Wildman–Crippen MR) is 125 cm³/mol. The summed E-state index contributed by atoms with van der Waals surface area (Å²) in [5.41, 5.74) is 3.37. The summed E-state index contributed by atoms with van der Waals surface area (Å²) < 4.78 is 11.6. The minimum absolute atomic E-state index is 0. The zero-order valence-corrected chi connectivity index (χ0v) is 20.0. The topological polar surface area (TPSA) is 67.8 Å². The third-order valence-electron chi connectivity index (χ3n) is 4.49. The van der Waals surface area contributed by atoms with E-state index >= 15 is 0 Å². The van der Waals surface area contributed by atoms with Crippen molar-refractivity contribution in [1.29, 1.82) is 0 Å². The fourth-order valence-electron chi connectivity index (χ4n) is 3.00. The highest BCUT2D eigenvalue weighted by atomic mass is 127. The van der Waals surface area contributed by atoms with Crippen LogP contribution in [0.3, 0.4) is 0 Å². The number of benzene rings is 1. The van der Waals surface area contributed by atoms with Crippen molar-refractivity contribution in [3.63, 3.8) is 0 Å². The van der Waals surface area contributed by atoms with E-state index in [0.29, 0.717) is 19.7 Å². The molecule has 1 atom stereocenters. The summed E-state index contributed by atoms with van der Waals surface area (Å²) in [7, 11) is 1.78. The maximum absolute atomic E-state index is 6.17. The van der Waals surface area contributed by atoms with Crippen LogP contribution in [0.15, 0.2) is 23.2 Å². The van der Waals surface area contributed by atoms with E-state index < -0.39 is 0 Å². The molecule has 2 aromatic rings. The van der Waals surface area contributed by atoms with Crippen molar-refractivity contribution in [2.45, 2.75) is 46.4 Å². The van der Waals surface area contributed by atoms with Crippen LogP contribution in [0.2, 0.25) is 0 Å². The van der Waals surface area contributed by atoms with Crippen LogP contribution in [0.1, 0.15) is 33.1 Å². The van der Waals surface area contributed by atoms with Crippen LogP contribution in [0.25, 0.3) is 0 Å². The second-order valence-electron chi connectivity index (χ2n) is 6.74. The van der Waals surface area contributed by atoms with Gasteiger partial charge in [0.05, 0.1) is 30.5 Å². The number of hydrogen-bond donors (Lipinski definition) is 2. The summed E-state index contributed by atoms with van der Waals surface area (Å²) >= 11 is 1.71. The van der Waals surface area contributed by atoms with E-state index in [2.05, 4.69) is 45.7 Å². The summed E-state index contributed by atoms with van der Waals surface area (Å²) in [6.07, 6.45) is 1.08. The van der Waals surface area contributed by atoms with Gasteiger partial charge in [0.25, 0.3) is 0 Å². The van der Waals surface area contributed by atoms with Crippen LogP contribution in [-0.4, -0.2) is 37.3 Å². The molecular weight excluding hydrogens is 487 g/mol. The molecule has 1 aliphatic heterocycles. The van der Waals surface area contributed by atoms with E-state index in [4.69, 9.17) is 9.47 Å². The Hall–Kier alpha value is -1.39. The smallest absolute Gasteiger partial charge is 0.191 e. The first kappa shape index (κ1) is 22.9. The molecule has 1 aromatic carbocycles. The fraction of sp³-hybridized carbons (Fsp3) is 0.500. The first-order valence-electron chi connectivity index (χ1n) is 9.26. The molecule has 0 saturated carbocycles. The number of ether oxygens (including phenoxy) is 2. The molecule has 28 heavy (non-hydrogen) atoms. The highest BCUT2D eigenvalue weighted by molar-refractivity contribution is 14.0. The first-order chi connectivity index (χ1) is 13.0. The number of nitrogens with one attached hydrogen (secondary N) is 2. The second-order valence-corrected chi connectivity index (χ2v) is 8.02. The molecule has 0 aliphatic carbocycles. The number of aryl methyl sites for hydroxylation is 3. The quantitative estimate of drug-likeness (QED) is 0.348. The SMILES string of the molecule is CN=C(NCc1ccc(C)cc1OC1CCOC1)NCc1sc(C)nc1C.I. The Morgan fingerprint density at radius 2 is 2.07 bits per heavy atom. The van der Waals surface area contributed by atoms with E-state index in [1.165, 1.54) is 10.4 Å². The molecule has 0 radical (unpaired) electrons. The van der Waals surface area contributed by atoms with Gasteiger partial charge in [-0.3, -0.25) is 4.99 Å². The lowest BCUT2D eigenvalue weighted by molar-refractivity contribution is 0.140. The molecule has 6 nitrogen and oxygen atoms in total. The van der Waals surface area contributed by atoms with Crippen LogP contribution >= 0.6 is 35.3 Å². The predicted octanol–water partition coefficient (Wildman–Crippen LogP) is 3.72. The lowest BCUT2D eigenvalue weighted by Gasteiger charge is -2.18. The largest absolute Gasteiger partial charge is 0.488 e. The van der Waals surface area contributed by atoms with Gasteiger partial charge < -0.3 is 20.1 Å². The van der Waals surface area contributed by atoms with Gasteiger partial charge in [-0.25, -0.2) is 4.98 Å².